The fourth-order valence-electron chi connectivity index (χ4n) is 1.06. The van der Waals surface area contributed by atoms with Crippen LogP contribution in [0.1, 0.15) is 20.7 Å². The smallest absolute Gasteiger partial charge is 0.280 e. The number of rotatable bonds is 3. The molecule has 0 amide bonds. The average molecular weight is 339 g/mol. The molecule has 15 heavy (non-hydrogen) atoms. The zero-order valence-corrected chi connectivity index (χ0v) is 9.98. The lowest BCUT2D eigenvalue weighted by molar-refractivity contribution is -0.385. The van der Waals surface area contributed by atoms with Gasteiger partial charge in [0, 0.05) is 9.64 Å². The molecule has 1 aromatic carbocycles. The maximum absolute atomic E-state index is 11.0. The Balaban J connectivity index is 3.61. The normalized spacial score (nSPS) is 9.73. The van der Waals surface area contributed by atoms with Crippen LogP contribution < -0.4 is 0 Å². The molecule has 0 saturated heterocycles. The summed E-state index contributed by atoms with van der Waals surface area (Å²) in [7, 11) is 0. The third kappa shape index (κ3) is 2.32. The second kappa shape index (κ2) is 4.67. The highest BCUT2D eigenvalue weighted by Gasteiger charge is 2.22. The first-order valence-corrected chi connectivity index (χ1v) is 5.06. The van der Waals surface area contributed by atoms with Crippen LogP contribution in [0, 0.1) is 13.7 Å². The van der Waals surface area contributed by atoms with E-state index in [1.807, 2.05) is 0 Å². The van der Waals surface area contributed by atoms with E-state index in [9.17, 15) is 19.7 Å². The highest BCUT2D eigenvalue weighted by molar-refractivity contribution is 14.1. The molecular formula is C8H3ClINO4. The van der Waals surface area contributed by atoms with E-state index in [2.05, 4.69) is 0 Å². The quantitative estimate of drug-likeness (QED) is 0.278. The van der Waals surface area contributed by atoms with Gasteiger partial charge >= 0.3 is 0 Å². The lowest BCUT2D eigenvalue weighted by Crippen LogP contribution is -2.04. The summed E-state index contributed by atoms with van der Waals surface area (Å²) in [6.07, 6.45) is 0.260. The molecule has 0 spiro atoms. The number of nitro groups is 1. The van der Waals surface area contributed by atoms with Crippen LogP contribution >= 0.6 is 34.2 Å². The third-order valence-electron chi connectivity index (χ3n) is 1.68. The molecule has 1 rings (SSSR count). The van der Waals surface area contributed by atoms with Gasteiger partial charge in [-0.2, -0.15) is 0 Å². The van der Waals surface area contributed by atoms with Crippen molar-refractivity contribution >= 4 is 51.4 Å². The van der Waals surface area contributed by atoms with E-state index in [1.165, 1.54) is 6.07 Å². The van der Waals surface area contributed by atoms with Crippen LogP contribution in [0.4, 0.5) is 5.69 Å². The fourth-order valence-corrected chi connectivity index (χ4v) is 2.14. The molecule has 0 fully saturated rings. The Bertz CT molecular complexity index is 460. The fraction of sp³-hybridized carbons (Fsp3) is 0. The van der Waals surface area contributed by atoms with Gasteiger partial charge in [-0.05, 0) is 40.3 Å². The Kier molecular flexibility index (Phi) is 3.75. The van der Waals surface area contributed by atoms with E-state index in [0.29, 0.717) is 3.57 Å². The number of aldehydes is 1. The molecule has 0 heterocycles. The van der Waals surface area contributed by atoms with Gasteiger partial charge in [0.15, 0.2) is 6.29 Å². The highest BCUT2D eigenvalue weighted by atomic mass is 127. The van der Waals surface area contributed by atoms with Gasteiger partial charge in [-0.25, -0.2) is 0 Å². The molecule has 0 unspecified atom stereocenters. The number of halogens is 2. The number of hydrogen-bond donors (Lipinski definition) is 0. The SMILES string of the molecule is O=Cc1c([N+](=O)[O-])ccc(I)c1C(=O)Cl. The van der Waals surface area contributed by atoms with E-state index in [1.54, 1.807) is 22.6 Å². The Morgan fingerprint density at radius 2 is 2.13 bits per heavy atom. The second-order valence-corrected chi connectivity index (χ2v) is 4.01. The van der Waals surface area contributed by atoms with Crippen molar-refractivity contribution in [1.29, 1.82) is 0 Å². The van der Waals surface area contributed by atoms with E-state index >= 15 is 0 Å². The summed E-state index contributed by atoms with van der Waals surface area (Å²) in [6, 6.07) is 2.52. The van der Waals surface area contributed by atoms with Crippen LogP contribution in [0.25, 0.3) is 0 Å². The monoisotopic (exact) mass is 339 g/mol. The van der Waals surface area contributed by atoms with E-state index in [4.69, 9.17) is 11.6 Å². The minimum Gasteiger partial charge on any atom is -0.298 e. The Hall–Kier alpha value is -1.02. The van der Waals surface area contributed by atoms with Crippen LogP contribution in [0.2, 0.25) is 0 Å². The van der Waals surface area contributed by atoms with Crippen LogP contribution in [0.15, 0.2) is 12.1 Å². The van der Waals surface area contributed by atoms with Gasteiger partial charge in [0.1, 0.15) is 5.56 Å². The summed E-state index contributed by atoms with van der Waals surface area (Å²) < 4.78 is 0.403. The first kappa shape index (κ1) is 12.1. The molecule has 0 radical (unpaired) electrons. The predicted molar refractivity (Wildman–Crippen MR) is 61.4 cm³/mol. The molecule has 0 aliphatic carbocycles. The molecule has 78 valence electrons. The van der Waals surface area contributed by atoms with E-state index in [-0.39, 0.29) is 17.4 Å². The average Bonchev–Trinajstić information content (AvgIpc) is 2.15. The van der Waals surface area contributed by atoms with Crippen LogP contribution in [0.5, 0.6) is 0 Å². The van der Waals surface area contributed by atoms with Crippen LogP contribution in [0.3, 0.4) is 0 Å². The van der Waals surface area contributed by atoms with Crippen molar-refractivity contribution in [1.82, 2.24) is 0 Å². The predicted octanol–water partition coefficient (Wildman–Crippen LogP) is 2.39. The zero-order valence-electron chi connectivity index (χ0n) is 7.07. The molecule has 0 saturated carbocycles. The minimum absolute atomic E-state index is 0.124. The van der Waals surface area contributed by atoms with E-state index < -0.39 is 15.9 Å². The van der Waals surface area contributed by atoms with Crippen molar-refractivity contribution < 1.29 is 14.5 Å². The molecule has 0 aliphatic heterocycles. The lowest BCUT2D eigenvalue weighted by Gasteiger charge is -2.02. The van der Waals surface area contributed by atoms with Gasteiger partial charge in [-0.1, -0.05) is 0 Å². The third-order valence-corrected chi connectivity index (χ3v) is 2.77. The van der Waals surface area contributed by atoms with Crippen molar-refractivity contribution in [2.24, 2.45) is 0 Å². The number of benzene rings is 1. The summed E-state index contributed by atoms with van der Waals surface area (Å²) >= 11 is 7.02. The number of nitrogens with zero attached hydrogens (tertiary/aromatic N) is 1. The summed E-state index contributed by atoms with van der Waals surface area (Å²) in [5, 5.41) is 9.67. The molecular weight excluding hydrogens is 336 g/mol. The van der Waals surface area contributed by atoms with Gasteiger partial charge in [-0.3, -0.25) is 19.7 Å². The van der Waals surface area contributed by atoms with Crippen molar-refractivity contribution in [2.45, 2.75) is 0 Å². The van der Waals surface area contributed by atoms with Gasteiger partial charge in [0.2, 0.25) is 0 Å². The van der Waals surface area contributed by atoms with Gasteiger partial charge in [-0.15, -0.1) is 0 Å². The van der Waals surface area contributed by atoms with Crippen molar-refractivity contribution in [2.75, 3.05) is 0 Å². The zero-order chi connectivity index (χ0) is 11.6. The summed E-state index contributed by atoms with van der Waals surface area (Å²) in [6.45, 7) is 0. The largest absolute Gasteiger partial charge is 0.298 e. The molecule has 0 aliphatic rings. The molecule has 0 N–H and O–H groups in total. The first-order chi connectivity index (χ1) is 6.99. The Morgan fingerprint density at radius 3 is 2.53 bits per heavy atom. The lowest BCUT2D eigenvalue weighted by atomic mass is 10.1. The summed E-state index contributed by atoms with van der Waals surface area (Å²) in [5.74, 6) is 0. The minimum atomic E-state index is -0.884. The Morgan fingerprint density at radius 1 is 1.53 bits per heavy atom. The van der Waals surface area contributed by atoms with Gasteiger partial charge in [0.05, 0.1) is 10.5 Å². The molecule has 0 aromatic heterocycles. The second-order valence-electron chi connectivity index (χ2n) is 2.50. The highest BCUT2D eigenvalue weighted by Crippen LogP contribution is 2.26. The topological polar surface area (TPSA) is 77.3 Å². The van der Waals surface area contributed by atoms with Crippen LogP contribution in [-0.2, 0) is 0 Å². The summed E-state index contributed by atoms with van der Waals surface area (Å²) in [4.78, 5) is 31.5. The maximum Gasteiger partial charge on any atom is 0.280 e. The number of nitro benzene ring substituents is 1. The van der Waals surface area contributed by atoms with Crippen molar-refractivity contribution in [3.05, 3.63) is 36.9 Å². The summed E-state index contributed by atoms with van der Waals surface area (Å²) in [5.41, 5.74) is -0.831. The molecule has 0 bridgehead atoms. The standard InChI is InChI=1S/C8H3ClINO4/c9-8(13)7-4(3-12)6(11(14)15)2-1-5(7)10/h1-3H. The first-order valence-electron chi connectivity index (χ1n) is 3.61. The Labute approximate surface area is 103 Å². The van der Waals surface area contributed by atoms with Crippen molar-refractivity contribution in [3.63, 3.8) is 0 Å². The van der Waals surface area contributed by atoms with Crippen LogP contribution in [-0.4, -0.2) is 16.5 Å². The van der Waals surface area contributed by atoms with Gasteiger partial charge in [0.25, 0.3) is 10.9 Å². The molecule has 0 atom stereocenters. The number of carbonyl (C=O) groups excluding carboxylic acids is 2. The van der Waals surface area contributed by atoms with Crippen molar-refractivity contribution in [3.8, 4) is 0 Å². The molecule has 5 nitrogen and oxygen atoms in total. The maximum atomic E-state index is 11.0. The number of carbonyl (C=O) groups is 2. The number of hydrogen-bond acceptors (Lipinski definition) is 4. The molecule has 7 heteroatoms. The van der Waals surface area contributed by atoms with E-state index in [0.717, 1.165) is 6.07 Å². The van der Waals surface area contributed by atoms with Gasteiger partial charge < -0.3 is 0 Å². The molecule has 1 aromatic rings.